The topological polar surface area (TPSA) is 86.9 Å². The van der Waals surface area contributed by atoms with Gasteiger partial charge in [0.05, 0.1) is 32.9 Å². The smallest absolute Gasteiger partial charge is 0.232 e. The number of nitrogens with zero attached hydrogens (tertiary/aromatic N) is 3. The lowest BCUT2D eigenvalue weighted by Crippen LogP contribution is -2.25. The van der Waals surface area contributed by atoms with Gasteiger partial charge >= 0.3 is 0 Å². The number of amides is 1. The van der Waals surface area contributed by atoms with Gasteiger partial charge < -0.3 is 23.6 Å². The fourth-order valence-electron chi connectivity index (χ4n) is 3.57. The molecule has 1 aliphatic heterocycles. The molecule has 1 aromatic heterocycles. The summed E-state index contributed by atoms with van der Waals surface area (Å²) >= 11 is 0. The van der Waals surface area contributed by atoms with E-state index < -0.39 is 0 Å². The molecule has 0 spiro atoms. The first-order chi connectivity index (χ1) is 14.5. The predicted molar refractivity (Wildman–Crippen MR) is 110 cm³/mol. The van der Waals surface area contributed by atoms with Crippen molar-refractivity contribution < 1.29 is 23.5 Å². The molecule has 0 bridgehead atoms. The predicted octanol–water partition coefficient (Wildman–Crippen LogP) is 3.59. The minimum atomic E-state index is -0.198. The Kier molecular flexibility index (Phi) is 5.31. The molecule has 1 unspecified atom stereocenters. The lowest BCUT2D eigenvalue weighted by atomic mass is 10.1. The van der Waals surface area contributed by atoms with Crippen molar-refractivity contribution in [2.24, 2.45) is 0 Å². The number of anilines is 1. The zero-order valence-corrected chi connectivity index (χ0v) is 17.3. The number of aromatic nitrogens is 2. The number of ether oxygens (including phenoxy) is 3. The van der Waals surface area contributed by atoms with Gasteiger partial charge in [0.2, 0.25) is 17.6 Å². The Morgan fingerprint density at radius 2 is 1.77 bits per heavy atom. The highest BCUT2D eigenvalue weighted by atomic mass is 16.5. The zero-order chi connectivity index (χ0) is 21.3. The minimum absolute atomic E-state index is 0.00769. The number of carbonyl (C=O) groups is 1. The van der Waals surface area contributed by atoms with Gasteiger partial charge in [0.25, 0.3) is 0 Å². The lowest BCUT2D eigenvalue weighted by Gasteiger charge is -2.19. The zero-order valence-electron chi connectivity index (χ0n) is 17.3. The Morgan fingerprint density at radius 3 is 2.43 bits per heavy atom. The maximum atomic E-state index is 12.7. The molecule has 1 amide bonds. The summed E-state index contributed by atoms with van der Waals surface area (Å²) < 4.78 is 21.6. The monoisotopic (exact) mass is 409 g/mol. The van der Waals surface area contributed by atoms with Gasteiger partial charge in [-0.15, -0.1) is 0 Å². The molecule has 1 aliphatic rings. The first-order valence-electron chi connectivity index (χ1n) is 9.54. The van der Waals surface area contributed by atoms with Crippen LogP contribution >= 0.6 is 0 Å². The molecule has 4 rings (SSSR count). The molecule has 30 heavy (non-hydrogen) atoms. The Bertz CT molecular complexity index is 1060. The van der Waals surface area contributed by atoms with Crippen molar-refractivity contribution in [3.63, 3.8) is 0 Å². The number of rotatable bonds is 6. The molecule has 8 heteroatoms. The summed E-state index contributed by atoms with van der Waals surface area (Å²) in [4.78, 5) is 19.0. The highest BCUT2D eigenvalue weighted by Gasteiger charge is 2.36. The normalized spacial score (nSPS) is 16.1. The number of hydrogen-bond acceptors (Lipinski definition) is 7. The highest BCUT2D eigenvalue weighted by Crippen LogP contribution is 2.37. The van der Waals surface area contributed by atoms with E-state index in [1.165, 1.54) is 0 Å². The van der Waals surface area contributed by atoms with Crippen LogP contribution in [0, 0.1) is 6.92 Å². The van der Waals surface area contributed by atoms with Crippen LogP contribution in [0.1, 0.15) is 23.8 Å². The van der Waals surface area contributed by atoms with E-state index in [1.54, 1.807) is 44.4 Å². The lowest BCUT2D eigenvalue weighted by molar-refractivity contribution is -0.117. The van der Waals surface area contributed by atoms with Crippen molar-refractivity contribution in [2.45, 2.75) is 19.3 Å². The van der Waals surface area contributed by atoms with Gasteiger partial charge in [-0.2, -0.15) is 4.98 Å². The van der Waals surface area contributed by atoms with Crippen LogP contribution in [-0.4, -0.2) is 43.9 Å². The van der Waals surface area contributed by atoms with Crippen LogP contribution in [-0.2, 0) is 4.79 Å². The second-order valence-corrected chi connectivity index (χ2v) is 7.14. The van der Waals surface area contributed by atoms with Crippen molar-refractivity contribution in [1.29, 1.82) is 0 Å². The second-order valence-electron chi connectivity index (χ2n) is 7.14. The van der Waals surface area contributed by atoms with E-state index in [9.17, 15) is 4.79 Å². The van der Waals surface area contributed by atoms with Gasteiger partial charge in [-0.3, -0.25) is 4.79 Å². The number of hydrogen-bond donors (Lipinski definition) is 0. The molecule has 8 nitrogen and oxygen atoms in total. The number of carbonyl (C=O) groups excluding carboxylic acids is 1. The summed E-state index contributed by atoms with van der Waals surface area (Å²) in [5.41, 5.74) is 2.51. The third-order valence-electron chi connectivity index (χ3n) is 5.15. The first-order valence-corrected chi connectivity index (χ1v) is 9.54. The number of methoxy groups -OCH3 is 3. The van der Waals surface area contributed by atoms with E-state index in [0.29, 0.717) is 47.5 Å². The highest BCUT2D eigenvalue weighted by molar-refractivity contribution is 5.97. The number of benzene rings is 2. The van der Waals surface area contributed by atoms with Crippen LogP contribution in [0.3, 0.4) is 0 Å². The molecule has 1 fully saturated rings. The largest absolute Gasteiger partial charge is 0.497 e. The van der Waals surface area contributed by atoms with Gasteiger partial charge in [0.15, 0.2) is 0 Å². The molecule has 1 atom stereocenters. The standard InChI is InChI=1S/C22H23N3O5/c1-13-5-6-19(29-4)18(7-13)25-12-15(10-20(25)26)22-23-21(24-30-22)14-8-16(27-2)11-17(9-14)28-3/h5-9,11,15H,10,12H2,1-4H3. The van der Waals surface area contributed by atoms with Crippen LogP contribution in [0.25, 0.3) is 11.4 Å². The summed E-state index contributed by atoms with van der Waals surface area (Å²) in [5, 5.41) is 4.10. The van der Waals surface area contributed by atoms with Crippen molar-refractivity contribution in [1.82, 2.24) is 10.1 Å². The maximum Gasteiger partial charge on any atom is 0.232 e. The summed E-state index contributed by atoms with van der Waals surface area (Å²) in [6.07, 6.45) is 0.292. The van der Waals surface area contributed by atoms with Crippen molar-refractivity contribution >= 4 is 11.6 Å². The molecule has 2 aromatic carbocycles. The van der Waals surface area contributed by atoms with E-state index in [2.05, 4.69) is 10.1 Å². The average Bonchev–Trinajstić information content (AvgIpc) is 3.40. The fraction of sp³-hybridized carbons (Fsp3) is 0.318. The molecule has 0 radical (unpaired) electrons. The molecular formula is C22H23N3O5. The third-order valence-corrected chi connectivity index (χ3v) is 5.15. The fourth-order valence-corrected chi connectivity index (χ4v) is 3.57. The Morgan fingerprint density at radius 1 is 1.03 bits per heavy atom. The Balaban J connectivity index is 1.60. The van der Waals surface area contributed by atoms with Crippen LogP contribution < -0.4 is 19.1 Å². The van der Waals surface area contributed by atoms with E-state index in [4.69, 9.17) is 18.7 Å². The summed E-state index contributed by atoms with van der Waals surface area (Å²) in [6.45, 7) is 2.43. The SMILES string of the molecule is COc1cc(OC)cc(-c2noc(C3CC(=O)N(c4cc(C)ccc4OC)C3)n2)c1. The summed E-state index contributed by atoms with van der Waals surface area (Å²) in [5.74, 6) is 2.55. The number of aryl methyl sites for hydroxylation is 1. The third kappa shape index (κ3) is 3.68. The van der Waals surface area contributed by atoms with Gasteiger partial charge in [0, 0.05) is 24.6 Å². The molecule has 2 heterocycles. The summed E-state index contributed by atoms with van der Waals surface area (Å²) in [7, 11) is 4.76. The van der Waals surface area contributed by atoms with Gasteiger partial charge in [-0.1, -0.05) is 11.2 Å². The second kappa shape index (κ2) is 8.06. The van der Waals surface area contributed by atoms with Gasteiger partial charge in [-0.25, -0.2) is 0 Å². The van der Waals surface area contributed by atoms with Crippen LogP contribution in [0.2, 0.25) is 0 Å². The molecular weight excluding hydrogens is 386 g/mol. The molecule has 0 saturated carbocycles. The molecule has 1 saturated heterocycles. The maximum absolute atomic E-state index is 12.7. The van der Waals surface area contributed by atoms with E-state index in [0.717, 1.165) is 11.3 Å². The Hall–Kier alpha value is -3.55. The van der Waals surface area contributed by atoms with Crippen molar-refractivity contribution in [2.75, 3.05) is 32.8 Å². The Labute approximate surface area is 174 Å². The summed E-state index contributed by atoms with van der Waals surface area (Å²) in [6, 6.07) is 11.1. The van der Waals surface area contributed by atoms with E-state index in [1.807, 2.05) is 25.1 Å². The van der Waals surface area contributed by atoms with Crippen LogP contribution in [0.5, 0.6) is 17.2 Å². The van der Waals surface area contributed by atoms with E-state index in [-0.39, 0.29) is 11.8 Å². The van der Waals surface area contributed by atoms with E-state index >= 15 is 0 Å². The molecule has 3 aromatic rings. The van der Waals surface area contributed by atoms with Crippen molar-refractivity contribution in [3.8, 4) is 28.6 Å². The molecule has 0 aliphatic carbocycles. The van der Waals surface area contributed by atoms with Crippen LogP contribution in [0.15, 0.2) is 40.9 Å². The minimum Gasteiger partial charge on any atom is -0.497 e. The molecule has 156 valence electrons. The quantitative estimate of drug-likeness (QED) is 0.615. The average molecular weight is 409 g/mol. The molecule has 0 N–H and O–H groups in total. The first kappa shape index (κ1) is 19.8. The van der Waals surface area contributed by atoms with Crippen molar-refractivity contribution in [3.05, 3.63) is 47.9 Å². The van der Waals surface area contributed by atoms with Crippen LogP contribution in [0.4, 0.5) is 5.69 Å². The van der Waals surface area contributed by atoms with Gasteiger partial charge in [0.1, 0.15) is 17.2 Å². The van der Waals surface area contributed by atoms with Gasteiger partial charge in [-0.05, 0) is 36.8 Å².